The summed E-state index contributed by atoms with van der Waals surface area (Å²) in [6.45, 7) is 0. The Morgan fingerprint density at radius 1 is 1.09 bits per heavy atom. The molecule has 2 aromatic heterocycles. The fraction of sp³-hybridized carbons (Fsp3) is 0. The number of anilines is 1. The van der Waals surface area contributed by atoms with Crippen molar-refractivity contribution in [2.45, 2.75) is 0 Å². The van der Waals surface area contributed by atoms with E-state index in [2.05, 4.69) is 16.4 Å². The van der Waals surface area contributed by atoms with Crippen LogP contribution >= 0.6 is 34.5 Å². The van der Waals surface area contributed by atoms with Crippen LogP contribution in [0.3, 0.4) is 0 Å². The smallest absolute Gasteiger partial charge is 0.345 e. The second-order valence-electron chi connectivity index (χ2n) is 7.10. The number of nitrogens with zero attached hydrogens (tertiary/aromatic N) is 2. The van der Waals surface area contributed by atoms with Crippen LogP contribution in [-0.4, -0.2) is 4.98 Å². The Kier molecular flexibility index (Phi) is 5.61. The number of hydrogen-bond acceptors (Lipinski definition) is 6. The maximum absolute atomic E-state index is 12.7. The fourth-order valence-corrected chi connectivity index (χ4v) is 4.62. The Morgan fingerprint density at radius 3 is 2.79 bits per heavy atom. The monoisotopic (exact) mass is 489 g/mol. The third-order valence-electron chi connectivity index (χ3n) is 5.10. The van der Waals surface area contributed by atoms with E-state index < -0.39 is 5.63 Å². The molecule has 5 aromatic rings. The minimum atomic E-state index is -0.485. The average Bonchev–Trinajstić information content (AvgIpc) is 3.31. The molecule has 0 radical (unpaired) electrons. The highest BCUT2D eigenvalue weighted by Gasteiger charge is 2.15. The molecule has 0 aliphatic rings. The number of halogens is 2. The molecular formula is C25H13Cl2N3O2S. The Morgan fingerprint density at radius 2 is 1.94 bits per heavy atom. The Hall–Kier alpha value is -3.63. The van der Waals surface area contributed by atoms with E-state index in [1.807, 2.05) is 30.3 Å². The molecule has 0 aliphatic carbocycles. The van der Waals surface area contributed by atoms with Crippen LogP contribution in [0.15, 0.2) is 81.5 Å². The first kappa shape index (κ1) is 21.2. The highest BCUT2D eigenvalue weighted by atomic mass is 35.5. The zero-order chi connectivity index (χ0) is 22.9. The van der Waals surface area contributed by atoms with E-state index >= 15 is 0 Å². The number of fused-ring (bicyclic) bond motifs is 3. The Balaban J connectivity index is 1.54. The summed E-state index contributed by atoms with van der Waals surface area (Å²) in [6.07, 6.45) is 1.51. The standard InChI is InChI=1S/C25H13Cl2N3O2S/c26-19-6-3-7-20(23(19)27)29-12-15(11-28)24-30-21(13-33-24)18-10-17-16-5-2-1-4-14(16)8-9-22(17)32-25(18)31/h1-10,12-13,29H. The molecule has 0 spiro atoms. The third kappa shape index (κ3) is 3.98. The maximum Gasteiger partial charge on any atom is 0.345 e. The lowest BCUT2D eigenvalue weighted by Gasteiger charge is -2.05. The molecule has 1 N–H and O–H groups in total. The van der Waals surface area contributed by atoms with Crippen molar-refractivity contribution >= 4 is 67.5 Å². The van der Waals surface area contributed by atoms with Gasteiger partial charge in [-0.25, -0.2) is 9.78 Å². The van der Waals surface area contributed by atoms with Gasteiger partial charge in [0.25, 0.3) is 0 Å². The summed E-state index contributed by atoms with van der Waals surface area (Å²) in [4.78, 5) is 17.2. The second-order valence-corrected chi connectivity index (χ2v) is 8.74. The van der Waals surface area contributed by atoms with Crippen molar-refractivity contribution < 1.29 is 4.42 Å². The van der Waals surface area contributed by atoms with Crippen molar-refractivity contribution in [3.63, 3.8) is 0 Å². The van der Waals surface area contributed by atoms with Gasteiger partial charge >= 0.3 is 5.63 Å². The highest BCUT2D eigenvalue weighted by Crippen LogP contribution is 2.32. The van der Waals surface area contributed by atoms with E-state index in [1.54, 1.807) is 35.7 Å². The molecule has 8 heteroatoms. The number of nitriles is 1. The predicted molar refractivity (Wildman–Crippen MR) is 135 cm³/mol. The number of hydrogen-bond donors (Lipinski definition) is 1. The van der Waals surface area contributed by atoms with Gasteiger partial charge in [-0.3, -0.25) is 0 Å². The second kappa shape index (κ2) is 8.72. The Bertz CT molecular complexity index is 1660. The van der Waals surface area contributed by atoms with Gasteiger partial charge in [0.2, 0.25) is 0 Å². The van der Waals surface area contributed by atoms with Gasteiger partial charge in [-0.05, 0) is 35.0 Å². The molecule has 0 aliphatic heterocycles. The lowest BCUT2D eigenvalue weighted by molar-refractivity contribution is 0.563. The molecule has 0 bridgehead atoms. The molecule has 5 rings (SSSR count). The van der Waals surface area contributed by atoms with E-state index in [-0.39, 0.29) is 5.57 Å². The van der Waals surface area contributed by atoms with Crippen molar-refractivity contribution in [1.82, 2.24) is 4.98 Å². The summed E-state index contributed by atoms with van der Waals surface area (Å²) < 4.78 is 5.57. The number of thiazole rings is 1. The fourth-order valence-electron chi connectivity index (χ4n) is 3.48. The van der Waals surface area contributed by atoms with Gasteiger partial charge in [0.1, 0.15) is 22.2 Å². The van der Waals surface area contributed by atoms with Gasteiger partial charge < -0.3 is 9.73 Å². The first-order valence-corrected chi connectivity index (χ1v) is 11.4. The van der Waals surface area contributed by atoms with E-state index in [1.165, 1.54) is 17.5 Å². The predicted octanol–water partition coefficient (Wildman–Crippen LogP) is 7.35. The first-order chi connectivity index (χ1) is 16.0. The summed E-state index contributed by atoms with van der Waals surface area (Å²) >= 11 is 13.5. The quantitative estimate of drug-likeness (QED) is 0.162. The summed E-state index contributed by atoms with van der Waals surface area (Å²) in [5.41, 5.74) is 1.66. The topological polar surface area (TPSA) is 78.9 Å². The van der Waals surface area contributed by atoms with Crippen molar-refractivity contribution in [3.05, 3.63) is 97.7 Å². The zero-order valence-corrected chi connectivity index (χ0v) is 19.1. The molecule has 0 saturated heterocycles. The van der Waals surface area contributed by atoms with Crippen molar-refractivity contribution in [2.75, 3.05) is 5.32 Å². The van der Waals surface area contributed by atoms with Crippen LogP contribution in [0.1, 0.15) is 5.01 Å². The van der Waals surface area contributed by atoms with E-state index in [4.69, 9.17) is 27.6 Å². The normalized spacial score (nSPS) is 11.6. The molecule has 0 atom stereocenters. The molecule has 3 aromatic carbocycles. The molecule has 2 heterocycles. The van der Waals surface area contributed by atoms with Crippen LogP contribution < -0.4 is 10.9 Å². The van der Waals surface area contributed by atoms with Gasteiger partial charge in [-0.1, -0.05) is 59.6 Å². The van der Waals surface area contributed by atoms with Crippen molar-refractivity contribution in [2.24, 2.45) is 0 Å². The van der Waals surface area contributed by atoms with Crippen LogP contribution in [0.5, 0.6) is 0 Å². The lowest BCUT2D eigenvalue weighted by Crippen LogP contribution is -2.03. The van der Waals surface area contributed by atoms with Crippen molar-refractivity contribution in [1.29, 1.82) is 5.26 Å². The number of benzene rings is 3. The largest absolute Gasteiger partial charge is 0.422 e. The van der Waals surface area contributed by atoms with E-state index in [0.717, 1.165) is 16.2 Å². The summed E-state index contributed by atoms with van der Waals surface area (Å²) in [5.74, 6) is 0. The van der Waals surface area contributed by atoms with Crippen LogP contribution in [-0.2, 0) is 0 Å². The summed E-state index contributed by atoms with van der Waals surface area (Å²) in [6, 6.07) is 20.7. The van der Waals surface area contributed by atoms with Crippen molar-refractivity contribution in [3.8, 4) is 17.3 Å². The van der Waals surface area contributed by atoms with Gasteiger partial charge in [0.15, 0.2) is 0 Å². The molecule has 0 unspecified atom stereocenters. The molecule has 33 heavy (non-hydrogen) atoms. The van der Waals surface area contributed by atoms with Crippen LogP contribution in [0.2, 0.25) is 10.0 Å². The molecule has 0 fully saturated rings. The zero-order valence-electron chi connectivity index (χ0n) is 16.8. The van der Waals surface area contributed by atoms with Gasteiger partial charge in [0.05, 0.1) is 27.0 Å². The highest BCUT2D eigenvalue weighted by molar-refractivity contribution is 7.11. The number of allylic oxidation sites excluding steroid dienone is 1. The first-order valence-electron chi connectivity index (χ1n) is 9.78. The minimum absolute atomic E-state index is 0.290. The molecule has 0 saturated carbocycles. The number of aromatic nitrogens is 1. The molecule has 5 nitrogen and oxygen atoms in total. The van der Waals surface area contributed by atoms with Crippen LogP contribution in [0.25, 0.3) is 38.6 Å². The minimum Gasteiger partial charge on any atom is -0.422 e. The molecular weight excluding hydrogens is 477 g/mol. The van der Waals surface area contributed by atoms with Crippen LogP contribution in [0, 0.1) is 11.3 Å². The van der Waals surface area contributed by atoms with Crippen LogP contribution in [0.4, 0.5) is 5.69 Å². The van der Waals surface area contributed by atoms with E-state index in [0.29, 0.717) is 37.6 Å². The maximum atomic E-state index is 12.7. The number of nitrogens with one attached hydrogen (secondary N) is 1. The van der Waals surface area contributed by atoms with Gasteiger partial charge in [-0.15, -0.1) is 11.3 Å². The molecule has 0 amide bonds. The number of rotatable bonds is 4. The average molecular weight is 490 g/mol. The summed E-state index contributed by atoms with van der Waals surface area (Å²) in [7, 11) is 0. The third-order valence-corrected chi connectivity index (χ3v) is 6.79. The SMILES string of the molecule is N#CC(=CNc1cccc(Cl)c1Cl)c1nc(-c2cc3c(ccc4ccccc43)oc2=O)cs1. The molecule has 160 valence electrons. The summed E-state index contributed by atoms with van der Waals surface area (Å²) in [5, 5.41) is 18.4. The Labute approximate surface area is 202 Å². The van der Waals surface area contributed by atoms with Gasteiger partial charge in [-0.2, -0.15) is 5.26 Å². The van der Waals surface area contributed by atoms with E-state index in [9.17, 15) is 10.1 Å². The van der Waals surface area contributed by atoms with Gasteiger partial charge in [0, 0.05) is 17.0 Å². The lowest BCUT2D eigenvalue weighted by atomic mass is 10.0.